The molecule has 0 saturated carbocycles. The van der Waals surface area contributed by atoms with E-state index >= 15 is 0 Å². The summed E-state index contributed by atoms with van der Waals surface area (Å²) in [7, 11) is 0. The second kappa shape index (κ2) is 7.42. The van der Waals surface area contributed by atoms with Crippen LogP contribution in [-0.4, -0.2) is 16.7 Å². The second-order valence-electron chi connectivity index (χ2n) is 8.19. The zero-order chi connectivity index (χ0) is 22.4. The molecule has 1 heterocycles. The van der Waals surface area contributed by atoms with Crippen LogP contribution in [0.15, 0.2) is 72.8 Å². The quantitative estimate of drug-likeness (QED) is 0.587. The molecule has 1 unspecified atom stereocenters. The van der Waals surface area contributed by atoms with Gasteiger partial charge in [0.25, 0.3) is 0 Å². The van der Waals surface area contributed by atoms with Crippen LogP contribution in [0.1, 0.15) is 30.5 Å². The van der Waals surface area contributed by atoms with E-state index in [1.165, 1.54) is 4.90 Å². The number of benzene rings is 3. The lowest BCUT2D eigenvalue weighted by Gasteiger charge is -2.42. The number of carbonyl (C=O) groups excluding carboxylic acids is 1. The topological polar surface area (TPSA) is 67.6 Å². The molecule has 1 N–H and O–H groups in total. The minimum atomic E-state index is -1.75. The molecule has 2 amide bonds. The summed E-state index contributed by atoms with van der Waals surface area (Å²) in [5.74, 6) is 0. The van der Waals surface area contributed by atoms with Gasteiger partial charge in [-0.2, -0.15) is 5.26 Å². The van der Waals surface area contributed by atoms with Crippen LogP contribution >= 0.6 is 11.6 Å². The summed E-state index contributed by atoms with van der Waals surface area (Å²) < 4.78 is 0. The molecule has 31 heavy (non-hydrogen) atoms. The molecular formula is C25H22ClN3O2. The third kappa shape index (κ3) is 3.16. The molecule has 0 aromatic heterocycles. The van der Waals surface area contributed by atoms with E-state index in [0.717, 1.165) is 5.56 Å². The molecule has 0 bridgehead atoms. The standard InChI is InChI=1S/C25H22ClN3O2/c1-17-7-11-21(12-8-17)28-23(30)29(22-13-9-20(26)10-14-22)25(31,24(28,2)3)19-6-4-5-18(15-19)16-27/h4-15,31H,1-3H3. The predicted molar refractivity (Wildman–Crippen MR) is 122 cm³/mol. The highest BCUT2D eigenvalue weighted by atomic mass is 35.5. The fourth-order valence-corrected chi connectivity index (χ4v) is 4.34. The second-order valence-corrected chi connectivity index (χ2v) is 8.63. The van der Waals surface area contributed by atoms with E-state index in [-0.39, 0.29) is 6.03 Å². The van der Waals surface area contributed by atoms with Crippen LogP contribution in [0.4, 0.5) is 16.2 Å². The lowest BCUT2D eigenvalue weighted by atomic mass is 9.83. The summed E-state index contributed by atoms with van der Waals surface area (Å²) in [6.45, 7) is 5.61. The van der Waals surface area contributed by atoms with E-state index in [9.17, 15) is 15.2 Å². The van der Waals surface area contributed by atoms with E-state index in [4.69, 9.17) is 11.6 Å². The molecule has 0 spiro atoms. The van der Waals surface area contributed by atoms with Crippen molar-refractivity contribution >= 4 is 29.0 Å². The Hall–Kier alpha value is -3.33. The number of hydrogen-bond acceptors (Lipinski definition) is 3. The first-order chi connectivity index (χ1) is 14.7. The molecule has 1 fully saturated rings. The van der Waals surface area contributed by atoms with Crippen molar-refractivity contribution in [3.05, 3.63) is 94.5 Å². The molecule has 1 aliphatic heterocycles. The van der Waals surface area contributed by atoms with Gasteiger partial charge in [-0.15, -0.1) is 0 Å². The van der Waals surface area contributed by atoms with Crippen molar-refractivity contribution in [3.63, 3.8) is 0 Å². The number of nitriles is 1. The van der Waals surface area contributed by atoms with Gasteiger partial charge in [0.05, 0.1) is 17.2 Å². The zero-order valence-corrected chi connectivity index (χ0v) is 18.3. The van der Waals surface area contributed by atoms with Gasteiger partial charge in [-0.1, -0.05) is 41.4 Å². The Balaban J connectivity index is 1.98. The van der Waals surface area contributed by atoms with E-state index < -0.39 is 11.3 Å². The first kappa shape index (κ1) is 20.9. The first-order valence-electron chi connectivity index (χ1n) is 9.90. The van der Waals surface area contributed by atoms with Gasteiger partial charge in [-0.05, 0) is 69.3 Å². The molecular weight excluding hydrogens is 410 g/mol. The van der Waals surface area contributed by atoms with Crippen LogP contribution < -0.4 is 9.80 Å². The highest BCUT2D eigenvalue weighted by Crippen LogP contribution is 2.50. The third-order valence-electron chi connectivity index (χ3n) is 5.89. The Morgan fingerprint density at radius 3 is 2.13 bits per heavy atom. The Kier molecular flexibility index (Phi) is 5.01. The largest absolute Gasteiger partial charge is 0.365 e. The zero-order valence-electron chi connectivity index (χ0n) is 17.5. The van der Waals surface area contributed by atoms with Gasteiger partial charge in [0.2, 0.25) is 0 Å². The van der Waals surface area contributed by atoms with Crippen LogP contribution in [0.5, 0.6) is 0 Å². The number of nitrogens with zero attached hydrogens (tertiary/aromatic N) is 3. The molecule has 0 radical (unpaired) electrons. The fourth-order valence-electron chi connectivity index (χ4n) is 4.21. The van der Waals surface area contributed by atoms with Crippen molar-refractivity contribution in [1.82, 2.24) is 0 Å². The molecule has 3 aromatic rings. The SMILES string of the molecule is Cc1ccc(N2C(=O)N(c3ccc(Cl)cc3)C(O)(c3cccc(C#N)c3)C2(C)C)cc1. The molecule has 1 saturated heterocycles. The summed E-state index contributed by atoms with van der Waals surface area (Å²) in [5.41, 5.74) is 0.269. The normalized spacial score (nSPS) is 20.1. The highest BCUT2D eigenvalue weighted by molar-refractivity contribution is 6.30. The summed E-state index contributed by atoms with van der Waals surface area (Å²) in [5, 5.41) is 22.2. The number of amides is 2. The smallest absolute Gasteiger partial charge is 0.332 e. The maximum atomic E-state index is 13.8. The van der Waals surface area contributed by atoms with Crippen molar-refractivity contribution in [2.24, 2.45) is 0 Å². The third-order valence-corrected chi connectivity index (χ3v) is 6.14. The van der Waals surface area contributed by atoms with Crippen molar-refractivity contribution in [2.45, 2.75) is 32.0 Å². The Labute approximate surface area is 186 Å². The van der Waals surface area contributed by atoms with Crippen LogP contribution in [-0.2, 0) is 5.72 Å². The van der Waals surface area contributed by atoms with Gasteiger partial charge in [-0.3, -0.25) is 9.80 Å². The van der Waals surface area contributed by atoms with E-state index in [2.05, 4.69) is 6.07 Å². The van der Waals surface area contributed by atoms with Gasteiger partial charge < -0.3 is 5.11 Å². The van der Waals surface area contributed by atoms with Crippen LogP contribution in [0.25, 0.3) is 0 Å². The van der Waals surface area contributed by atoms with Gasteiger partial charge in [0.1, 0.15) is 0 Å². The van der Waals surface area contributed by atoms with Crippen LogP contribution in [0.2, 0.25) is 5.02 Å². The summed E-state index contributed by atoms with van der Waals surface area (Å²) in [4.78, 5) is 16.8. The molecule has 1 atom stereocenters. The summed E-state index contributed by atoms with van der Waals surface area (Å²) >= 11 is 6.07. The van der Waals surface area contributed by atoms with Crippen LogP contribution in [0.3, 0.4) is 0 Å². The van der Waals surface area contributed by atoms with Crippen LogP contribution in [0, 0.1) is 18.3 Å². The van der Waals surface area contributed by atoms with Crippen molar-refractivity contribution < 1.29 is 9.90 Å². The Bertz CT molecular complexity index is 1180. The number of anilines is 2. The van der Waals surface area contributed by atoms with Crippen molar-refractivity contribution in [2.75, 3.05) is 9.80 Å². The Morgan fingerprint density at radius 2 is 1.52 bits per heavy atom. The minimum Gasteiger partial charge on any atom is -0.365 e. The van der Waals surface area contributed by atoms with E-state index in [0.29, 0.717) is 27.5 Å². The van der Waals surface area contributed by atoms with Crippen molar-refractivity contribution in [1.29, 1.82) is 5.26 Å². The lowest BCUT2D eigenvalue weighted by molar-refractivity contribution is -0.00249. The number of aryl methyl sites for hydroxylation is 1. The maximum absolute atomic E-state index is 13.8. The summed E-state index contributed by atoms with van der Waals surface area (Å²) in [6.07, 6.45) is 0. The molecule has 5 nitrogen and oxygen atoms in total. The number of rotatable bonds is 3. The molecule has 1 aliphatic rings. The number of urea groups is 1. The van der Waals surface area contributed by atoms with E-state index in [1.807, 2.05) is 45.0 Å². The van der Waals surface area contributed by atoms with Gasteiger partial charge >= 0.3 is 6.03 Å². The number of hydrogen-bond donors (Lipinski definition) is 1. The molecule has 3 aromatic carbocycles. The van der Waals surface area contributed by atoms with E-state index in [1.54, 1.807) is 53.4 Å². The average Bonchev–Trinajstić information content (AvgIpc) is 2.92. The fraction of sp³-hybridized carbons (Fsp3) is 0.200. The highest BCUT2D eigenvalue weighted by Gasteiger charge is 2.64. The molecule has 4 rings (SSSR count). The Morgan fingerprint density at radius 1 is 0.935 bits per heavy atom. The number of carbonyl (C=O) groups is 1. The summed E-state index contributed by atoms with van der Waals surface area (Å²) in [6, 6.07) is 22.8. The predicted octanol–water partition coefficient (Wildman–Crippen LogP) is 5.59. The maximum Gasteiger partial charge on any atom is 0.332 e. The van der Waals surface area contributed by atoms with Gasteiger partial charge in [0, 0.05) is 22.0 Å². The number of halogens is 1. The molecule has 156 valence electrons. The average molecular weight is 432 g/mol. The first-order valence-corrected chi connectivity index (χ1v) is 10.3. The monoisotopic (exact) mass is 431 g/mol. The van der Waals surface area contributed by atoms with Crippen molar-refractivity contribution in [3.8, 4) is 6.07 Å². The molecule has 0 aliphatic carbocycles. The van der Waals surface area contributed by atoms with Gasteiger partial charge in [0.15, 0.2) is 5.72 Å². The molecule has 6 heteroatoms. The lowest BCUT2D eigenvalue weighted by Crippen LogP contribution is -2.56. The van der Waals surface area contributed by atoms with Gasteiger partial charge in [-0.25, -0.2) is 4.79 Å². The minimum absolute atomic E-state index is 0.374. The number of aliphatic hydroxyl groups is 1.